The van der Waals surface area contributed by atoms with Gasteiger partial charge in [-0.25, -0.2) is 14.1 Å². The van der Waals surface area contributed by atoms with Crippen LogP contribution in [0.5, 0.6) is 0 Å². The Morgan fingerprint density at radius 3 is 2.89 bits per heavy atom. The highest BCUT2D eigenvalue weighted by Gasteiger charge is 2.27. The van der Waals surface area contributed by atoms with Gasteiger partial charge in [0, 0.05) is 11.7 Å². The van der Waals surface area contributed by atoms with Crippen molar-refractivity contribution in [2.24, 2.45) is 5.92 Å². The van der Waals surface area contributed by atoms with Crippen molar-refractivity contribution in [3.8, 4) is 5.69 Å². The van der Waals surface area contributed by atoms with Gasteiger partial charge in [-0.05, 0) is 43.9 Å². The van der Waals surface area contributed by atoms with Crippen LogP contribution in [0.1, 0.15) is 19.8 Å². The molecular weight excluding hydrogens is 231 g/mol. The highest BCUT2D eigenvalue weighted by molar-refractivity contribution is 5.50. The summed E-state index contributed by atoms with van der Waals surface area (Å²) in [7, 11) is 0. The normalized spacial score (nSPS) is 16.6. The number of nitrogens with one attached hydrogen (secondary N) is 1. The van der Waals surface area contributed by atoms with E-state index in [1.54, 1.807) is 6.07 Å². The summed E-state index contributed by atoms with van der Waals surface area (Å²) in [6.07, 6.45) is 5.42. The van der Waals surface area contributed by atoms with Crippen molar-refractivity contribution in [1.29, 1.82) is 0 Å². The van der Waals surface area contributed by atoms with Crippen LogP contribution in [0.4, 0.5) is 10.1 Å². The van der Waals surface area contributed by atoms with Gasteiger partial charge in [0.2, 0.25) is 0 Å². The zero-order valence-corrected chi connectivity index (χ0v) is 10.2. The van der Waals surface area contributed by atoms with Crippen molar-refractivity contribution < 1.29 is 4.39 Å². The van der Waals surface area contributed by atoms with Crippen LogP contribution in [0, 0.1) is 11.7 Å². The van der Waals surface area contributed by atoms with Crippen molar-refractivity contribution in [2.45, 2.75) is 25.8 Å². The van der Waals surface area contributed by atoms with Crippen molar-refractivity contribution in [3.05, 3.63) is 36.7 Å². The van der Waals surface area contributed by atoms with E-state index in [9.17, 15) is 4.39 Å². The highest BCUT2D eigenvalue weighted by Crippen LogP contribution is 2.34. The molecule has 0 bridgehead atoms. The molecule has 94 valence electrons. The summed E-state index contributed by atoms with van der Waals surface area (Å²) >= 11 is 0. The molecule has 18 heavy (non-hydrogen) atoms. The molecule has 4 nitrogen and oxygen atoms in total. The van der Waals surface area contributed by atoms with Crippen LogP contribution in [0.25, 0.3) is 5.69 Å². The van der Waals surface area contributed by atoms with E-state index >= 15 is 0 Å². The molecule has 3 rings (SSSR count). The predicted molar refractivity (Wildman–Crippen MR) is 67.1 cm³/mol. The lowest BCUT2D eigenvalue weighted by atomic mass is 10.2. The molecule has 0 amide bonds. The maximum Gasteiger partial charge on any atom is 0.150 e. The van der Waals surface area contributed by atoms with Gasteiger partial charge in [-0.2, -0.15) is 5.10 Å². The van der Waals surface area contributed by atoms with Gasteiger partial charge in [0.05, 0.1) is 0 Å². The van der Waals surface area contributed by atoms with E-state index in [0.717, 1.165) is 11.6 Å². The van der Waals surface area contributed by atoms with Crippen LogP contribution >= 0.6 is 0 Å². The van der Waals surface area contributed by atoms with Crippen LogP contribution in [0.2, 0.25) is 0 Å². The van der Waals surface area contributed by atoms with Gasteiger partial charge in [0.15, 0.2) is 5.82 Å². The largest absolute Gasteiger partial charge is 0.382 e. The Kier molecular flexibility index (Phi) is 2.74. The van der Waals surface area contributed by atoms with E-state index in [1.165, 1.54) is 36.2 Å². The molecule has 1 unspecified atom stereocenters. The lowest BCUT2D eigenvalue weighted by molar-refractivity contribution is 0.610. The topological polar surface area (TPSA) is 42.7 Å². The van der Waals surface area contributed by atoms with Gasteiger partial charge in [-0.3, -0.25) is 0 Å². The molecule has 1 aromatic heterocycles. The van der Waals surface area contributed by atoms with E-state index in [0.29, 0.717) is 11.7 Å². The average Bonchev–Trinajstić information content (AvgIpc) is 3.07. The molecule has 5 heteroatoms. The van der Waals surface area contributed by atoms with Gasteiger partial charge in [-0.15, -0.1) is 0 Å². The van der Waals surface area contributed by atoms with Crippen molar-refractivity contribution in [1.82, 2.24) is 14.8 Å². The number of rotatable bonds is 4. The quantitative estimate of drug-likeness (QED) is 0.901. The Morgan fingerprint density at radius 1 is 1.44 bits per heavy atom. The molecular formula is C13H15FN4. The summed E-state index contributed by atoms with van der Waals surface area (Å²) in [4.78, 5) is 3.81. The molecule has 1 heterocycles. The lowest BCUT2D eigenvalue weighted by Crippen LogP contribution is -2.17. The summed E-state index contributed by atoms with van der Waals surface area (Å²) < 4.78 is 15.4. The molecule has 1 saturated carbocycles. The zero-order chi connectivity index (χ0) is 12.5. The van der Waals surface area contributed by atoms with E-state index < -0.39 is 0 Å². The van der Waals surface area contributed by atoms with Gasteiger partial charge < -0.3 is 5.32 Å². The summed E-state index contributed by atoms with van der Waals surface area (Å²) in [5.41, 5.74) is 1.23. The second kappa shape index (κ2) is 4.40. The van der Waals surface area contributed by atoms with Crippen LogP contribution in [0.3, 0.4) is 0 Å². The molecule has 0 aliphatic heterocycles. The summed E-state index contributed by atoms with van der Waals surface area (Å²) in [5.74, 6) is 0.441. The molecule has 1 aliphatic carbocycles. The Balaban J connectivity index is 1.80. The third-order valence-electron chi connectivity index (χ3n) is 3.34. The molecule has 0 radical (unpaired) electrons. The lowest BCUT2D eigenvalue weighted by Gasteiger charge is -2.15. The molecule has 0 spiro atoms. The second-order valence-electron chi connectivity index (χ2n) is 4.78. The Labute approximate surface area is 105 Å². The number of hydrogen-bond acceptors (Lipinski definition) is 3. The fourth-order valence-corrected chi connectivity index (χ4v) is 2.09. The summed E-state index contributed by atoms with van der Waals surface area (Å²) in [6.45, 7) is 2.14. The van der Waals surface area contributed by atoms with Crippen molar-refractivity contribution in [3.63, 3.8) is 0 Å². The number of benzene rings is 1. The van der Waals surface area contributed by atoms with E-state index in [1.807, 2.05) is 6.07 Å². The van der Waals surface area contributed by atoms with Crippen LogP contribution < -0.4 is 5.32 Å². The minimum Gasteiger partial charge on any atom is -0.382 e. The predicted octanol–water partition coefficient (Wildman–Crippen LogP) is 2.62. The molecule has 2 aromatic rings. The van der Waals surface area contributed by atoms with Crippen LogP contribution in [-0.2, 0) is 0 Å². The third kappa shape index (κ3) is 2.20. The van der Waals surface area contributed by atoms with E-state index in [-0.39, 0.29) is 5.82 Å². The number of nitrogens with zero attached hydrogens (tertiary/aromatic N) is 3. The Morgan fingerprint density at radius 2 is 2.28 bits per heavy atom. The standard InChI is InChI=1S/C13H15FN4/c1-9(10-2-3-10)17-11-4-5-13(12(14)6-11)18-8-15-7-16-18/h4-10,17H,2-3H2,1H3. The van der Waals surface area contributed by atoms with E-state index in [2.05, 4.69) is 22.3 Å². The van der Waals surface area contributed by atoms with Crippen LogP contribution in [0.15, 0.2) is 30.9 Å². The molecule has 1 fully saturated rings. The summed E-state index contributed by atoms with van der Waals surface area (Å²) in [6, 6.07) is 5.50. The second-order valence-corrected chi connectivity index (χ2v) is 4.78. The van der Waals surface area contributed by atoms with Gasteiger partial charge >= 0.3 is 0 Å². The number of anilines is 1. The van der Waals surface area contributed by atoms with Crippen LogP contribution in [-0.4, -0.2) is 20.8 Å². The summed E-state index contributed by atoms with van der Waals surface area (Å²) in [5, 5.41) is 7.25. The molecule has 1 aromatic carbocycles. The first kappa shape index (κ1) is 11.2. The minimum absolute atomic E-state index is 0.298. The smallest absolute Gasteiger partial charge is 0.150 e. The monoisotopic (exact) mass is 246 g/mol. The Hall–Kier alpha value is -1.91. The fourth-order valence-electron chi connectivity index (χ4n) is 2.09. The molecule has 1 N–H and O–H groups in total. The minimum atomic E-state index is -0.298. The van der Waals surface area contributed by atoms with Crippen molar-refractivity contribution >= 4 is 5.69 Å². The maximum absolute atomic E-state index is 14.0. The van der Waals surface area contributed by atoms with Gasteiger partial charge in [0.1, 0.15) is 18.3 Å². The molecule has 1 atom stereocenters. The average molecular weight is 246 g/mol. The van der Waals surface area contributed by atoms with Gasteiger partial charge in [-0.1, -0.05) is 0 Å². The molecule has 1 aliphatic rings. The first-order chi connectivity index (χ1) is 8.74. The third-order valence-corrected chi connectivity index (χ3v) is 3.34. The Bertz CT molecular complexity index is 534. The van der Waals surface area contributed by atoms with E-state index in [4.69, 9.17) is 0 Å². The maximum atomic E-state index is 14.0. The first-order valence-electron chi connectivity index (χ1n) is 6.15. The molecule has 0 saturated heterocycles. The van der Waals surface area contributed by atoms with Gasteiger partial charge in [0.25, 0.3) is 0 Å². The first-order valence-corrected chi connectivity index (χ1v) is 6.15. The number of hydrogen-bond donors (Lipinski definition) is 1. The van der Waals surface area contributed by atoms with Crippen molar-refractivity contribution in [2.75, 3.05) is 5.32 Å². The highest BCUT2D eigenvalue weighted by atomic mass is 19.1. The number of aromatic nitrogens is 3. The number of halogens is 1. The fraction of sp³-hybridized carbons (Fsp3) is 0.385. The SMILES string of the molecule is CC(Nc1ccc(-n2cncn2)c(F)c1)C1CC1. The zero-order valence-electron chi connectivity index (χ0n) is 10.2.